The summed E-state index contributed by atoms with van der Waals surface area (Å²) in [5, 5.41) is 0. The molecule has 73 heavy (non-hydrogen) atoms. The normalized spacial score (nSPS) is 34.8. The Morgan fingerprint density at radius 1 is 0.575 bits per heavy atom. The second-order valence-electron chi connectivity index (χ2n) is 26.8. The maximum Gasteiger partial charge on any atom is 0.123 e. The van der Waals surface area contributed by atoms with Crippen molar-refractivity contribution in [2.75, 3.05) is 82.2 Å². The van der Waals surface area contributed by atoms with E-state index in [1.54, 1.807) is 6.42 Å². The van der Waals surface area contributed by atoms with Crippen LogP contribution in [0.3, 0.4) is 0 Å². The number of nitrogens with zero attached hydrogens (tertiary/aromatic N) is 2. The maximum absolute atomic E-state index is 6.40. The van der Waals surface area contributed by atoms with Gasteiger partial charge < -0.3 is 43.0 Å². The molecule has 0 aromatic heterocycles. The van der Waals surface area contributed by atoms with Gasteiger partial charge in [0.25, 0.3) is 0 Å². The summed E-state index contributed by atoms with van der Waals surface area (Å²) < 4.78 is 40.4. The van der Waals surface area contributed by atoms with Crippen LogP contribution in [0.1, 0.15) is 208 Å². The molecule has 9 aliphatic rings. The highest BCUT2D eigenvalue weighted by atomic mass is 16.6. The summed E-state index contributed by atoms with van der Waals surface area (Å²) in [6.07, 6.45) is 38.8. The van der Waals surface area contributed by atoms with Crippen LogP contribution in [0.2, 0.25) is 0 Å². The number of ether oxygens (including phenoxy) is 7. The number of fused-ring (bicyclic) bond motifs is 5. The number of epoxide rings is 5. The molecule has 10 rings (SSSR count). The topological polar surface area (TPSA) is 87.6 Å². The zero-order chi connectivity index (χ0) is 50.6. The van der Waals surface area contributed by atoms with Gasteiger partial charge in [0.1, 0.15) is 11.9 Å². The van der Waals surface area contributed by atoms with Crippen LogP contribution in [0.15, 0.2) is 18.2 Å². The van der Waals surface area contributed by atoms with Crippen molar-refractivity contribution in [1.82, 2.24) is 0 Å². The fraction of sp³-hybridized carbons (Fsp3) is 0.906. The molecule has 416 valence electrons. The van der Waals surface area contributed by atoms with Crippen LogP contribution in [0.5, 0.6) is 5.75 Å². The van der Waals surface area contributed by atoms with Gasteiger partial charge in [-0.1, -0.05) is 144 Å². The zero-order valence-corrected chi connectivity index (χ0v) is 47.7. The standard InChI is InChI=1S/C34H56N2O5.C30H52O2/c1-2-3-4-5-6-7-8-9-10-11-12-13-14-15-16-37-30-18-28(35(20-31-24-38-31)21-32-25-39-32)17-29(19-30)36(22-33-26-40-33)23-34-27-41-34;1-20(2)7-6-8-21(3)22-15-28-26-10-9-23-16-24(31-18-25-19-32-25)11-14-30(23,5)27(26)12-13-29(28,4)17-22/h17-19,31-34H,2-16,20-27H2,1H3;20-28H,6-19H2,1-5H3. The molecule has 5 saturated heterocycles. The van der Waals surface area contributed by atoms with E-state index in [0.29, 0.717) is 47.5 Å². The molecule has 5 aliphatic heterocycles. The molecular weight excluding hydrogens is 909 g/mol. The molecule has 4 saturated carbocycles. The smallest absolute Gasteiger partial charge is 0.123 e. The molecule has 9 fully saturated rings. The predicted molar refractivity (Wildman–Crippen MR) is 298 cm³/mol. The van der Waals surface area contributed by atoms with E-state index < -0.39 is 0 Å². The van der Waals surface area contributed by atoms with Crippen molar-refractivity contribution in [3.63, 3.8) is 0 Å². The fourth-order valence-electron chi connectivity index (χ4n) is 15.2. The molecule has 0 radical (unpaired) electrons. The number of unbranched alkanes of at least 4 members (excludes halogenated alkanes) is 13. The highest BCUT2D eigenvalue weighted by Crippen LogP contribution is 2.67. The van der Waals surface area contributed by atoms with Crippen LogP contribution in [0.25, 0.3) is 0 Å². The summed E-state index contributed by atoms with van der Waals surface area (Å²) in [4.78, 5) is 4.86. The van der Waals surface area contributed by atoms with E-state index >= 15 is 0 Å². The highest BCUT2D eigenvalue weighted by Gasteiger charge is 2.59. The van der Waals surface area contributed by atoms with Crippen molar-refractivity contribution in [2.24, 2.45) is 52.3 Å². The number of hydrogen-bond donors (Lipinski definition) is 0. The average molecular weight is 1020 g/mol. The summed E-state index contributed by atoms with van der Waals surface area (Å²) in [5.41, 5.74) is 3.62. The van der Waals surface area contributed by atoms with Crippen molar-refractivity contribution >= 4 is 11.4 Å². The summed E-state index contributed by atoms with van der Waals surface area (Å²) >= 11 is 0. The van der Waals surface area contributed by atoms with Gasteiger partial charge >= 0.3 is 0 Å². The lowest BCUT2D eigenvalue weighted by atomic mass is 9.45. The molecular formula is C64H108N2O7. The van der Waals surface area contributed by atoms with Crippen LogP contribution in [-0.4, -0.2) is 109 Å². The van der Waals surface area contributed by atoms with Gasteiger partial charge in [0, 0.05) is 49.7 Å². The highest BCUT2D eigenvalue weighted by molar-refractivity contribution is 5.64. The van der Waals surface area contributed by atoms with Crippen LogP contribution < -0.4 is 14.5 Å². The molecule has 9 heteroatoms. The average Bonchev–Trinajstić information content (AvgIpc) is 4.15. The fourth-order valence-corrected chi connectivity index (χ4v) is 15.2. The third kappa shape index (κ3) is 17.4. The van der Waals surface area contributed by atoms with Gasteiger partial charge in [-0.15, -0.1) is 0 Å². The first-order valence-corrected chi connectivity index (χ1v) is 31.5. The summed E-state index contributed by atoms with van der Waals surface area (Å²) in [7, 11) is 0. The quantitative estimate of drug-likeness (QED) is 0.0495. The van der Waals surface area contributed by atoms with E-state index in [1.165, 1.54) is 165 Å². The summed E-state index contributed by atoms with van der Waals surface area (Å²) in [6, 6.07) is 6.75. The summed E-state index contributed by atoms with van der Waals surface area (Å²) in [6.45, 7) is 24.6. The number of hydrogen-bond acceptors (Lipinski definition) is 9. The molecule has 0 N–H and O–H groups in total. The van der Waals surface area contributed by atoms with Crippen molar-refractivity contribution in [2.45, 2.75) is 245 Å². The SMILES string of the molecule is CC(C)CCCC(C)C1CC2C3CCC4CC(OCC5CO5)CCC4(C)C3CCC2(C)C1.CCCCCCCCCCCCCCCCOc1cc(N(CC2CO2)CC2CO2)cc(N(CC2CO2)CC2CO2)c1. The molecule has 14 atom stereocenters. The second-order valence-corrected chi connectivity index (χ2v) is 26.8. The van der Waals surface area contributed by atoms with Gasteiger partial charge in [0.15, 0.2) is 0 Å². The maximum atomic E-state index is 6.40. The molecule has 5 heterocycles. The Balaban J connectivity index is 0.000000185. The lowest BCUT2D eigenvalue weighted by Gasteiger charge is -2.60. The molecule has 0 amide bonds. The number of rotatable bonds is 34. The van der Waals surface area contributed by atoms with Gasteiger partial charge in [0.2, 0.25) is 0 Å². The third-order valence-corrected chi connectivity index (χ3v) is 20.3. The Morgan fingerprint density at radius 2 is 1.11 bits per heavy atom. The molecule has 0 spiro atoms. The van der Waals surface area contributed by atoms with Crippen LogP contribution in [0, 0.1) is 52.3 Å². The van der Waals surface area contributed by atoms with Gasteiger partial charge in [0.05, 0.1) is 76.8 Å². The van der Waals surface area contributed by atoms with Crippen molar-refractivity contribution in [3.05, 3.63) is 18.2 Å². The lowest BCUT2D eigenvalue weighted by Crippen LogP contribution is -2.53. The van der Waals surface area contributed by atoms with Gasteiger partial charge in [-0.05, 0) is 123 Å². The van der Waals surface area contributed by atoms with E-state index in [9.17, 15) is 0 Å². The van der Waals surface area contributed by atoms with Crippen LogP contribution in [0.4, 0.5) is 11.4 Å². The predicted octanol–water partition coefficient (Wildman–Crippen LogP) is 14.6. The van der Waals surface area contributed by atoms with E-state index in [1.807, 2.05) is 0 Å². The minimum absolute atomic E-state index is 0.327. The minimum atomic E-state index is 0.327. The molecule has 1 aromatic rings. The summed E-state index contributed by atoms with van der Waals surface area (Å²) in [5.74, 6) is 7.67. The Morgan fingerprint density at radius 3 is 1.63 bits per heavy atom. The van der Waals surface area contributed by atoms with Crippen molar-refractivity contribution in [1.29, 1.82) is 0 Å². The number of benzene rings is 1. The molecule has 0 bridgehead atoms. The third-order valence-electron chi connectivity index (χ3n) is 20.3. The van der Waals surface area contributed by atoms with Gasteiger partial charge in [-0.3, -0.25) is 0 Å². The van der Waals surface area contributed by atoms with Gasteiger partial charge in [-0.25, -0.2) is 0 Å². The Bertz CT molecular complexity index is 1680. The molecule has 1 aromatic carbocycles. The first-order chi connectivity index (χ1) is 35.5. The molecule has 9 nitrogen and oxygen atoms in total. The van der Waals surface area contributed by atoms with E-state index in [-0.39, 0.29) is 0 Å². The van der Waals surface area contributed by atoms with Gasteiger partial charge in [-0.2, -0.15) is 0 Å². The number of anilines is 2. The van der Waals surface area contributed by atoms with Crippen molar-refractivity contribution < 1.29 is 33.2 Å². The molecule has 4 aliphatic carbocycles. The first-order valence-electron chi connectivity index (χ1n) is 31.5. The Kier molecular flexibility index (Phi) is 21.0. The minimum Gasteiger partial charge on any atom is -0.493 e. The van der Waals surface area contributed by atoms with Crippen LogP contribution in [-0.2, 0) is 28.4 Å². The lowest BCUT2D eigenvalue weighted by molar-refractivity contribution is -0.130. The first kappa shape index (κ1) is 56.1. The largest absolute Gasteiger partial charge is 0.493 e. The molecule has 14 unspecified atom stereocenters. The zero-order valence-electron chi connectivity index (χ0n) is 47.7. The second kappa shape index (κ2) is 27.3. The van der Waals surface area contributed by atoms with Crippen LogP contribution >= 0.6 is 0 Å². The van der Waals surface area contributed by atoms with E-state index in [2.05, 4.69) is 69.5 Å². The Hall–Kier alpha value is -1.62. The van der Waals surface area contributed by atoms with Crippen molar-refractivity contribution in [3.8, 4) is 5.75 Å². The monoisotopic (exact) mass is 1020 g/mol. The van der Waals surface area contributed by atoms with E-state index in [0.717, 1.165) is 126 Å². The Labute approximate surface area is 446 Å². The van der Waals surface area contributed by atoms with E-state index in [4.69, 9.17) is 33.2 Å².